The summed E-state index contributed by atoms with van der Waals surface area (Å²) in [5, 5.41) is 2.70. The van der Waals surface area contributed by atoms with Crippen LogP contribution in [0.2, 0.25) is 0 Å². The summed E-state index contributed by atoms with van der Waals surface area (Å²) in [4.78, 5) is 29.1. The number of aromatic nitrogens is 1. The van der Waals surface area contributed by atoms with Gasteiger partial charge < -0.3 is 15.8 Å². The monoisotopic (exact) mass is 278 g/mol. The Labute approximate surface area is 117 Å². The van der Waals surface area contributed by atoms with E-state index < -0.39 is 11.5 Å². The van der Waals surface area contributed by atoms with Gasteiger partial charge in [0, 0.05) is 19.3 Å². The molecule has 2 rings (SSSR count). The SMILES string of the molecule is CC1(C(N)=O)CN(CC(=O)Nc2ccccn2)CCO1. The van der Waals surface area contributed by atoms with Gasteiger partial charge in [0.15, 0.2) is 5.60 Å². The molecule has 0 bridgehead atoms. The molecule has 1 aromatic rings. The Morgan fingerprint density at radius 1 is 1.55 bits per heavy atom. The molecule has 0 spiro atoms. The number of ether oxygens (including phenoxy) is 1. The van der Waals surface area contributed by atoms with Crippen molar-refractivity contribution in [1.29, 1.82) is 0 Å². The summed E-state index contributed by atoms with van der Waals surface area (Å²) in [7, 11) is 0. The zero-order valence-corrected chi connectivity index (χ0v) is 11.3. The van der Waals surface area contributed by atoms with Crippen LogP contribution in [0.15, 0.2) is 24.4 Å². The minimum atomic E-state index is -1.04. The molecule has 7 nitrogen and oxygen atoms in total. The van der Waals surface area contributed by atoms with E-state index >= 15 is 0 Å². The average Bonchev–Trinajstić information content (AvgIpc) is 2.39. The smallest absolute Gasteiger partial charge is 0.250 e. The van der Waals surface area contributed by atoms with E-state index in [0.717, 1.165) is 0 Å². The lowest BCUT2D eigenvalue weighted by atomic mass is 10.0. The van der Waals surface area contributed by atoms with Gasteiger partial charge in [-0.1, -0.05) is 6.07 Å². The number of nitrogens with two attached hydrogens (primary N) is 1. The number of carbonyl (C=O) groups excluding carboxylic acids is 2. The summed E-state index contributed by atoms with van der Waals surface area (Å²) in [5.74, 6) is -0.201. The van der Waals surface area contributed by atoms with Crippen LogP contribution in [0.1, 0.15) is 6.92 Å². The molecule has 7 heteroatoms. The van der Waals surface area contributed by atoms with Crippen LogP contribution < -0.4 is 11.1 Å². The van der Waals surface area contributed by atoms with Crippen LogP contribution in [0.4, 0.5) is 5.82 Å². The van der Waals surface area contributed by atoms with Crippen LogP contribution >= 0.6 is 0 Å². The lowest BCUT2D eigenvalue weighted by Crippen LogP contribution is -2.58. The molecule has 2 heterocycles. The summed E-state index contributed by atoms with van der Waals surface area (Å²) in [5.41, 5.74) is 4.28. The number of pyridine rings is 1. The second-order valence-electron chi connectivity index (χ2n) is 4.92. The van der Waals surface area contributed by atoms with Gasteiger partial charge in [-0.3, -0.25) is 14.5 Å². The van der Waals surface area contributed by atoms with Crippen molar-refractivity contribution in [3.05, 3.63) is 24.4 Å². The maximum Gasteiger partial charge on any atom is 0.250 e. The molecule has 1 saturated heterocycles. The average molecular weight is 278 g/mol. The van der Waals surface area contributed by atoms with E-state index in [1.54, 1.807) is 31.3 Å². The second-order valence-corrected chi connectivity index (χ2v) is 4.92. The van der Waals surface area contributed by atoms with Crippen molar-refractivity contribution in [2.24, 2.45) is 5.73 Å². The number of morpholine rings is 1. The highest BCUT2D eigenvalue weighted by Gasteiger charge is 2.37. The molecule has 1 atom stereocenters. The lowest BCUT2D eigenvalue weighted by molar-refractivity contribution is -0.154. The van der Waals surface area contributed by atoms with Crippen LogP contribution in [-0.2, 0) is 14.3 Å². The van der Waals surface area contributed by atoms with E-state index in [9.17, 15) is 9.59 Å². The first-order chi connectivity index (χ1) is 9.49. The third-order valence-corrected chi connectivity index (χ3v) is 3.17. The van der Waals surface area contributed by atoms with Gasteiger partial charge in [0.2, 0.25) is 5.91 Å². The second kappa shape index (κ2) is 5.98. The number of nitrogens with zero attached hydrogens (tertiary/aromatic N) is 2. The normalized spacial score (nSPS) is 23.2. The number of primary amides is 1. The van der Waals surface area contributed by atoms with Crippen LogP contribution in [0.5, 0.6) is 0 Å². The number of amides is 2. The quantitative estimate of drug-likeness (QED) is 0.780. The van der Waals surface area contributed by atoms with Crippen molar-refractivity contribution < 1.29 is 14.3 Å². The molecule has 1 fully saturated rings. The molecule has 1 aromatic heterocycles. The highest BCUT2D eigenvalue weighted by molar-refractivity contribution is 5.91. The van der Waals surface area contributed by atoms with Crippen LogP contribution in [-0.4, -0.2) is 53.5 Å². The standard InChI is InChI=1S/C13H18N4O3/c1-13(12(14)19)9-17(6-7-20-13)8-11(18)16-10-4-2-3-5-15-10/h2-5H,6-9H2,1H3,(H2,14,19)(H,15,16,18). The van der Waals surface area contributed by atoms with Crippen molar-refractivity contribution in [2.45, 2.75) is 12.5 Å². The van der Waals surface area contributed by atoms with E-state index in [2.05, 4.69) is 10.3 Å². The van der Waals surface area contributed by atoms with Gasteiger partial charge >= 0.3 is 0 Å². The van der Waals surface area contributed by atoms with Gasteiger partial charge in [-0.25, -0.2) is 4.98 Å². The molecular formula is C13H18N4O3. The van der Waals surface area contributed by atoms with Gasteiger partial charge in [0.25, 0.3) is 5.91 Å². The third-order valence-electron chi connectivity index (χ3n) is 3.17. The molecule has 2 amide bonds. The van der Waals surface area contributed by atoms with Gasteiger partial charge in [0.05, 0.1) is 13.2 Å². The van der Waals surface area contributed by atoms with Crippen molar-refractivity contribution in [1.82, 2.24) is 9.88 Å². The minimum Gasteiger partial charge on any atom is -0.367 e. The summed E-state index contributed by atoms with van der Waals surface area (Å²) < 4.78 is 5.40. The highest BCUT2D eigenvalue weighted by atomic mass is 16.5. The van der Waals surface area contributed by atoms with Gasteiger partial charge in [-0.2, -0.15) is 0 Å². The van der Waals surface area contributed by atoms with Crippen molar-refractivity contribution in [3.63, 3.8) is 0 Å². The number of carbonyl (C=O) groups is 2. The predicted octanol–water partition coefficient (Wildman–Crippen LogP) is -0.404. The zero-order valence-electron chi connectivity index (χ0n) is 11.3. The number of hydrogen-bond acceptors (Lipinski definition) is 5. The Kier molecular flexibility index (Phi) is 4.31. The van der Waals surface area contributed by atoms with E-state index in [-0.39, 0.29) is 12.5 Å². The summed E-state index contributed by atoms with van der Waals surface area (Å²) >= 11 is 0. The fourth-order valence-corrected chi connectivity index (χ4v) is 2.06. The summed E-state index contributed by atoms with van der Waals surface area (Å²) in [6, 6.07) is 5.28. The zero-order chi connectivity index (χ0) is 14.6. The molecule has 1 aliphatic rings. The largest absolute Gasteiger partial charge is 0.367 e. The first-order valence-corrected chi connectivity index (χ1v) is 6.37. The molecule has 0 radical (unpaired) electrons. The topological polar surface area (TPSA) is 97.6 Å². The summed E-state index contributed by atoms with van der Waals surface area (Å²) in [6.45, 7) is 3.06. The molecular weight excluding hydrogens is 260 g/mol. The Hall–Kier alpha value is -1.99. The number of hydrogen-bond donors (Lipinski definition) is 2. The Morgan fingerprint density at radius 3 is 3.00 bits per heavy atom. The number of anilines is 1. The van der Waals surface area contributed by atoms with E-state index in [1.165, 1.54) is 0 Å². The Balaban J connectivity index is 1.90. The van der Waals surface area contributed by atoms with E-state index in [1.807, 2.05) is 4.90 Å². The van der Waals surface area contributed by atoms with Crippen molar-refractivity contribution >= 4 is 17.6 Å². The molecule has 20 heavy (non-hydrogen) atoms. The summed E-state index contributed by atoms with van der Waals surface area (Å²) in [6.07, 6.45) is 1.61. The molecule has 0 saturated carbocycles. The number of rotatable bonds is 4. The van der Waals surface area contributed by atoms with Crippen LogP contribution in [0.3, 0.4) is 0 Å². The maximum atomic E-state index is 11.9. The molecule has 3 N–H and O–H groups in total. The molecule has 0 aromatic carbocycles. The fourth-order valence-electron chi connectivity index (χ4n) is 2.06. The van der Waals surface area contributed by atoms with Gasteiger partial charge in [-0.05, 0) is 19.1 Å². The minimum absolute atomic E-state index is 0.169. The van der Waals surface area contributed by atoms with Crippen molar-refractivity contribution in [3.8, 4) is 0 Å². The van der Waals surface area contributed by atoms with Crippen molar-refractivity contribution in [2.75, 3.05) is 31.6 Å². The van der Waals surface area contributed by atoms with Crippen LogP contribution in [0, 0.1) is 0 Å². The molecule has 1 unspecified atom stereocenters. The first kappa shape index (κ1) is 14.4. The first-order valence-electron chi connectivity index (χ1n) is 6.37. The van der Waals surface area contributed by atoms with Gasteiger partial charge in [0.1, 0.15) is 5.82 Å². The molecule has 108 valence electrons. The van der Waals surface area contributed by atoms with E-state index in [0.29, 0.717) is 25.5 Å². The number of nitrogens with one attached hydrogen (secondary N) is 1. The highest BCUT2D eigenvalue weighted by Crippen LogP contribution is 2.16. The fraction of sp³-hybridized carbons (Fsp3) is 0.462. The van der Waals surface area contributed by atoms with Crippen LogP contribution in [0.25, 0.3) is 0 Å². The Morgan fingerprint density at radius 2 is 2.35 bits per heavy atom. The molecule has 0 aliphatic carbocycles. The third kappa shape index (κ3) is 3.52. The molecule has 1 aliphatic heterocycles. The van der Waals surface area contributed by atoms with E-state index in [4.69, 9.17) is 10.5 Å². The lowest BCUT2D eigenvalue weighted by Gasteiger charge is -2.37. The van der Waals surface area contributed by atoms with Gasteiger partial charge in [-0.15, -0.1) is 0 Å². The predicted molar refractivity (Wildman–Crippen MR) is 72.9 cm³/mol. The maximum absolute atomic E-state index is 11.9. The Bertz CT molecular complexity index is 494.